The van der Waals surface area contributed by atoms with Crippen molar-refractivity contribution >= 4 is 5.69 Å². The van der Waals surface area contributed by atoms with Crippen molar-refractivity contribution in [2.24, 2.45) is 0 Å². The highest BCUT2D eigenvalue weighted by atomic mass is 16.5. The lowest BCUT2D eigenvalue weighted by Gasteiger charge is -2.28. The van der Waals surface area contributed by atoms with Crippen LogP contribution < -0.4 is 16.3 Å². The van der Waals surface area contributed by atoms with Crippen molar-refractivity contribution in [3.05, 3.63) is 27.0 Å². The van der Waals surface area contributed by atoms with E-state index in [1.54, 1.807) is 20.8 Å². The van der Waals surface area contributed by atoms with E-state index in [0.717, 1.165) is 10.8 Å². The van der Waals surface area contributed by atoms with Gasteiger partial charge in [-0.1, -0.05) is 5.21 Å². The summed E-state index contributed by atoms with van der Waals surface area (Å²) in [6, 6.07) is 0. The molecular weight excluding hydrogens is 294 g/mol. The molecule has 0 unspecified atom stereocenters. The molecule has 1 aromatic heterocycles. The molecule has 0 aromatic carbocycles. The summed E-state index contributed by atoms with van der Waals surface area (Å²) in [5.74, 6) is 0. The number of anilines is 1. The number of aromatic amines is 1. The van der Waals surface area contributed by atoms with Crippen molar-refractivity contribution in [3.8, 4) is 0 Å². The number of rotatable bonds is 3. The average Bonchev–Trinajstić information content (AvgIpc) is 2.78. The third-order valence-electron chi connectivity index (χ3n) is 3.47. The van der Waals surface area contributed by atoms with Crippen molar-refractivity contribution in [1.82, 2.24) is 9.55 Å². The molecular formula is C13H20N3O6. The number of aromatic nitrogens is 2. The molecule has 2 rings (SSSR count). The second-order valence-corrected chi connectivity index (χ2v) is 6.26. The number of aliphatic hydroxyl groups excluding tert-OH is 2. The largest absolute Gasteiger partial charge is 0.394 e. The fraction of sp³-hybridized carbons (Fsp3) is 0.692. The zero-order valence-electron chi connectivity index (χ0n) is 12.6. The van der Waals surface area contributed by atoms with Gasteiger partial charge in [-0.2, -0.15) is 0 Å². The van der Waals surface area contributed by atoms with Crippen molar-refractivity contribution in [3.63, 3.8) is 0 Å². The minimum atomic E-state index is -0.928. The maximum atomic E-state index is 12.2. The molecule has 0 saturated carbocycles. The van der Waals surface area contributed by atoms with Crippen LogP contribution in [0.2, 0.25) is 0 Å². The van der Waals surface area contributed by atoms with Gasteiger partial charge in [0.25, 0.3) is 5.56 Å². The smallest absolute Gasteiger partial charge is 0.330 e. The van der Waals surface area contributed by atoms with Crippen LogP contribution in [-0.2, 0) is 9.94 Å². The lowest BCUT2D eigenvalue weighted by atomic mass is 10.1. The predicted molar refractivity (Wildman–Crippen MR) is 75.9 cm³/mol. The standard InChI is InChI=1S/C13H20N3O6/c1-13(2,3)16(21)7-5-15(12(20)14-11(7)19)10-4-8(18)9(6-17)22-10/h5,8-10,17-18H,4,6H2,1-3H3,(H,14,19,20)/t8-,9+,10+/m0/s1. The van der Waals surface area contributed by atoms with Gasteiger partial charge in [-0.15, -0.1) is 0 Å². The van der Waals surface area contributed by atoms with Gasteiger partial charge in [0, 0.05) is 12.6 Å². The summed E-state index contributed by atoms with van der Waals surface area (Å²) in [6.45, 7) is 4.50. The number of hydroxylamine groups is 1. The van der Waals surface area contributed by atoms with Crippen LogP contribution >= 0.6 is 0 Å². The van der Waals surface area contributed by atoms with Crippen LogP contribution in [0.5, 0.6) is 0 Å². The first-order valence-corrected chi connectivity index (χ1v) is 6.92. The van der Waals surface area contributed by atoms with Crippen molar-refractivity contribution in [2.75, 3.05) is 11.7 Å². The minimum Gasteiger partial charge on any atom is -0.394 e. The number of ether oxygens (including phenoxy) is 1. The molecule has 0 amide bonds. The number of hydrogen-bond donors (Lipinski definition) is 3. The summed E-state index contributed by atoms with van der Waals surface area (Å²) in [4.78, 5) is 25.8. The van der Waals surface area contributed by atoms with E-state index in [-0.39, 0.29) is 12.1 Å². The van der Waals surface area contributed by atoms with Crippen LogP contribution in [0.4, 0.5) is 5.69 Å². The van der Waals surface area contributed by atoms with Crippen LogP contribution in [0.15, 0.2) is 15.8 Å². The highest BCUT2D eigenvalue weighted by Crippen LogP contribution is 2.28. The molecule has 3 N–H and O–H groups in total. The summed E-state index contributed by atoms with van der Waals surface area (Å²) < 4.78 is 6.42. The van der Waals surface area contributed by atoms with Gasteiger partial charge in [-0.25, -0.2) is 9.86 Å². The first-order valence-electron chi connectivity index (χ1n) is 6.92. The minimum absolute atomic E-state index is 0.0744. The Kier molecular flexibility index (Phi) is 4.43. The van der Waals surface area contributed by atoms with Gasteiger partial charge in [-0.05, 0) is 20.8 Å². The molecule has 0 bridgehead atoms. The fourth-order valence-electron chi connectivity index (χ4n) is 2.24. The molecule has 1 aliphatic rings. The van der Waals surface area contributed by atoms with E-state index < -0.39 is 41.8 Å². The second-order valence-electron chi connectivity index (χ2n) is 6.26. The first kappa shape index (κ1) is 16.7. The number of H-pyrrole nitrogens is 1. The van der Waals surface area contributed by atoms with E-state index in [9.17, 15) is 19.9 Å². The van der Waals surface area contributed by atoms with E-state index in [4.69, 9.17) is 9.84 Å². The molecule has 1 radical (unpaired) electrons. The number of aliphatic hydroxyl groups is 2. The van der Waals surface area contributed by atoms with Crippen molar-refractivity contribution in [1.29, 1.82) is 0 Å². The fourth-order valence-corrected chi connectivity index (χ4v) is 2.24. The molecule has 1 fully saturated rings. The Balaban J connectivity index is 2.42. The van der Waals surface area contributed by atoms with E-state index in [1.165, 1.54) is 0 Å². The summed E-state index contributed by atoms with van der Waals surface area (Å²) in [6.07, 6.45) is -1.40. The molecule has 9 heteroatoms. The third kappa shape index (κ3) is 3.07. The molecule has 9 nitrogen and oxygen atoms in total. The summed E-state index contributed by atoms with van der Waals surface area (Å²) in [7, 11) is 0. The highest BCUT2D eigenvalue weighted by molar-refractivity contribution is 5.40. The van der Waals surface area contributed by atoms with Crippen LogP contribution in [0, 0.1) is 0 Å². The molecule has 1 aliphatic heterocycles. The Hall–Kier alpha value is -1.68. The van der Waals surface area contributed by atoms with E-state index >= 15 is 0 Å². The van der Waals surface area contributed by atoms with Gasteiger partial charge in [0.15, 0.2) is 0 Å². The molecule has 123 valence electrons. The summed E-state index contributed by atoms with van der Waals surface area (Å²) >= 11 is 0. The first-order chi connectivity index (χ1) is 10.1. The van der Waals surface area contributed by atoms with Crippen LogP contribution in [-0.4, -0.2) is 44.1 Å². The van der Waals surface area contributed by atoms with Crippen molar-refractivity contribution in [2.45, 2.75) is 51.2 Å². The quantitative estimate of drug-likeness (QED) is 0.622. The Bertz CT molecular complexity index is 646. The second kappa shape index (κ2) is 5.84. The normalized spacial score (nSPS) is 25.5. The van der Waals surface area contributed by atoms with E-state index in [2.05, 4.69) is 4.98 Å². The molecule has 22 heavy (non-hydrogen) atoms. The van der Waals surface area contributed by atoms with Crippen molar-refractivity contribution < 1.29 is 20.2 Å². The Morgan fingerprint density at radius 3 is 2.59 bits per heavy atom. The Morgan fingerprint density at radius 2 is 2.09 bits per heavy atom. The Labute approximate surface area is 126 Å². The van der Waals surface area contributed by atoms with Gasteiger partial charge in [0.2, 0.25) is 0 Å². The maximum Gasteiger partial charge on any atom is 0.330 e. The molecule has 0 spiro atoms. The molecule has 0 aliphatic carbocycles. The number of hydrogen-bond acceptors (Lipinski definition) is 6. The molecule has 1 aromatic rings. The lowest BCUT2D eigenvalue weighted by molar-refractivity contribution is -0.0460. The van der Waals surface area contributed by atoms with Gasteiger partial charge < -0.3 is 14.9 Å². The van der Waals surface area contributed by atoms with Crippen LogP contribution in [0.25, 0.3) is 0 Å². The highest BCUT2D eigenvalue weighted by Gasteiger charge is 2.35. The summed E-state index contributed by atoms with van der Waals surface area (Å²) in [5.41, 5.74) is -2.62. The van der Waals surface area contributed by atoms with Gasteiger partial charge >= 0.3 is 5.69 Å². The van der Waals surface area contributed by atoms with Gasteiger partial charge in [0.05, 0.1) is 18.2 Å². The topological polar surface area (TPSA) is 128 Å². The monoisotopic (exact) mass is 314 g/mol. The zero-order valence-corrected chi connectivity index (χ0v) is 12.6. The van der Waals surface area contributed by atoms with E-state index in [1.807, 2.05) is 0 Å². The van der Waals surface area contributed by atoms with Gasteiger partial charge in [0.1, 0.15) is 18.0 Å². The van der Waals surface area contributed by atoms with Gasteiger partial charge in [-0.3, -0.25) is 14.3 Å². The molecule has 2 heterocycles. The third-order valence-corrected chi connectivity index (χ3v) is 3.47. The SMILES string of the molecule is CC(C)(C)N([O])c1cn([C@H]2C[C@H](O)[C@@H](CO)O2)c(=O)[nH]c1=O. The number of nitrogens with one attached hydrogen (secondary N) is 1. The van der Waals surface area contributed by atoms with Crippen LogP contribution in [0.1, 0.15) is 33.4 Å². The molecule has 3 atom stereocenters. The zero-order chi connectivity index (χ0) is 16.7. The predicted octanol–water partition coefficient (Wildman–Crippen LogP) is -0.872. The molecule has 1 saturated heterocycles. The van der Waals surface area contributed by atoms with Crippen LogP contribution in [0.3, 0.4) is 0 Å². The lowest BCUT2D eigenvalue weighted by Crippen LogP contribution is -2.43. The Morgan fingerprint density at radius 1 is 1.45 bits per heavy atom. The maximum absolute atomic E-state index is 12.2. The number of nitrogens with zero attached hydrogens (tertiary/aromatic N) is 2. The van der Waals surface area contributed by atoms with E-state index in [0.29, 0.717) is 5.06 Å². The average molecular weight is 314 g/mol. The summed E-state index contributed by atoms with van der Waals surface area (Å²) in [5, 5.41) is 31.5.